The lowest BCUT2D eigenvalue weighted by Gasteiger charge is -2.24. The highest BCUT2D eigenvalue weighted by Gasteiger charge is 2.25. The molecule has 10 heteroatoms. The minimum Gasteiger partial charge on any atom is -0.382 e. The third-order valence-electron chi connectivity index (χ3n) is 4.58. The molecule has 0 spiro atoms. The van der Waals surface area contributed by atoms with E-state index in [1.54, 1.807) is 7.11 Å². The Kier molecular flexibility index (Phi) is 19.1. The lowest BCUT2D eigenvalue weighted by molar-refractivity contribution is -0.129. The molecule has 2 atom stereocenters. The van der Waals surface area contributed by atoms with Gasteiger partial charge >= 0.3 is 0 Å². The van der Waals surface area contributed by atoms with Crippen LogP contribution in [0.15, 0.2) is 0 Å². The van der Waals surface area contributed by atoms with E-state index < -0.39 is 6.04 Å². The van der Waals surface area contributed by atoms with Gasteiger partial charge in [-0.15, -0.1) is 0 Å². The summed E-state index contributed by atoms with van der Waals surface area (Å²) in [4.78, 5) is 36.4. The van der Waals surface area contributed by atoms with Crippen LogP contribution < -0.4 is 16.0 Å². The highest BCUT2D eigenvalue weighted by atomic mass is 16.6. The lowest BCUT2D eigenvalue weighted by Crippen LogP contribution is -2.52. The van der Waals surface area contributed by atoms with E-state index in [9.17, 15) is 14.4 Å². The first-order chi connectivity index (χ1) is 15.3. The lowest BCUT2D eigenvalue weighted by atomic mass is 10.0. The van der Waals surface area contributed by atoms with Crippen LogP contribution in [0.1, 0.15) is 40.5 Å². The number of amides is 2. The van der Waals surface area contributed by atoms with Crippen molar-refractivity contribution in [1.29, 1.82) is 0 Å². The van der Waals surface area contributed by atoms with Crippen molar-refractivity contribution in [2.45, 2.75) is 52.6 Å². The summed E-state index contributed by atoms with van der Waals surface area (Å²) < 4.78 is 20.9. The number of methoxy groups -OCH3 is 1. The molecule has 0 rings (SSSR count). The summed E-state index contributed by atoms with van der Waals surface area (Å²) in [5, 5.41) is 8.64. The maximum atomic E-state index is 12.5. The van der Waals surface area contributed by atoms with Crippen LogP contribution in [0.3, 0.4) is 0 Å². The molecular formula is C22H43N3O7. The molecule has 0 aromatic heterocycles. The fourth-order valence-electron chi connectivity index (χ4n) is 2.80. The van der Waals surface area contributed by atoms with Crippen molar-refractivity contribution in [3.05, 3.63) is 0 Å². The van der Waals surface area contributed by atoms with E-state index in [1.807, 2.05) is 20.8 Å². The molecule has 0 aliphatic carbocycles. The van der Waals surface area contributed by atoms with Gasteiger partial charge in [0.1, 0.15) is 0 Å². The summed E-state index contributed by atoms with van der Waals surface area (Å²) in [6.07, 6.45) is 0.398. The van der Waals surface area contributed by atoms with Crippen molar-refractivity contribution in [2.75, 3.05) is 66.4 Å². The summed E-state index contributed by atoms with van der Waals surface area (Å²) in [7, 11) is 1.62. The minimum absolute atomic E-state index is 0.0884. The number of hydrogen-bond donors (Lipinski definition) is 3. The van der Waals surface area contributed by atoms with Gasteiger partial charge in [0, 0.05) is 20.1 Å². The van der Waals surface area contributed by atoms with Crippen molar-refractivity contribution in [1.82, 2.24) is 16.0 Å². The highest BCUT2D eigenvalue weighted by Crippen LogP contribution is 2.05. The molecule has 0 aliphatic rings. The van der Waals surface area contributed by atoms with Crippen LogP contribution in [0.25, 0.3) is 0 Å². The first-order valence-corrected chi connectivity index (χ1v) is 11.4. The van der Waals surface area contributed by atoms with E-state index in [2.05, 4.69) is 16.0 Å². The van der Waals surface area contributed by atoms with Gasteiger partial charge in [0.05, 0.1) is 58.3 Å². The van der Waals surface area contributed by atoms with E-state index in [0.717, 1.165) is 0 Å². The second-order valence-electron chi connectivity index (χ2n) is 7.67. The summed E-state index contributed by atoms with van der Waals surface area (Å²) >= 11 is 0. The van der Waals surface area contributed by atoms with Gasteiger partial charge in [0.15, 0.2) is 5.78 Å². The van der Waals surface area contributed by atoms with E-state index >= 15 is 0 Å². The highest BCUT2D eigenvalue weighted by molar-refractivity contribution is 5.90. The first-order valence-electron chi connectivity index (χ1n) is 11.4. The minimum atomic E-state index is -0.681. The monoisotopic (exact) mass is 461 g/mol. The number of Topliss-reactive ketones (excluding diaryl/α,β-unsaturated/α-hetero) is 1. The van der Waals surface area contributed by atoms with Gasteiger partial charge in [-0.2, -0.15) is 0 Å². The average molecular weight is 462 g/mol. The Labute approximate surface area is 192 Å². The molecule has 10 nitrogen and oxygen atoms in total. The number of hydrogen-bond acceptors (Lipinski definition) is 8. The Balaban J connectivity index is 3.93. The maximum absolute atomic E-state index is 12.5. The maximum Gasteiger partial charge on any atom is 0.237 e. The average Bonchev–Trinajstić information content (AvgIpc) is 2.75. The van der Waals surface area contributed by atoms with Gasteiger partial charge in [-0.3, -0.25) is 14.4 Å². The predicted octanol–water partition coefficient (Wildman–Crippen LogP) is 0.287. The number of ketones is 1. The third-order valence-corrected chi connectivity index (χ3v) is 4.58. The number of carbonyl (C=O) groups excluding carboxylic acids is 3. The van der Waals surface area contributed by atoms with Crippen molar-refractivity contribution in [3.63, 3.8) is 0 Å². The van der Waals surface area contributed by atoms with E-state index in [0.29, 0.717) is 59.3 Å². The van der Waals surface area contributed by atoms with Crippen LogP contribution in [0.4, 0.5) is 0 Å². The molecule has 32 heavy (non-hydrogen) atoms. The van der Waals surface area contributed by atoms with Crippen LogP contribution in [0, 0.1) is 5.92 Å². The molecule has 3 N–H and O–H groups in total. The molecule has 188 valence electrons. The van der Waals surface area contributed by atoms with Gasteiger partial charge in [-0.05, 0) is 25.8 Å². The van der Waals surface area contributed by atoms with Crippen molar-refractivity contribution in [3.8, 4) is 0 Å². The van der Waals surface area contributed by atoms with Crippen LogP contribution in [0.5, 0.6) is 0 Å². The standard InChI is InChI=1S/C22H43N3O7/c1-6-23-21(17(2)3)22(28)25-19(18(4)26)7-8-20(27)24-9-10-30-13-14-32-16-15-31-12-11-29-5/h17,19,21,23H,6-16H2,1-5H3,(H,24,27)(H,25,28)/t19-,21-/m0/s1. The van der Waals surface area contributed by atoms with Crippen molar-refractivity contribution >= 4 is 17.6 Å². The molecule has 0 heterocycles. The number of likely N-dealkylation sites (N-methyl/N-ethyl adjacent to an activating group) is 1. The van der Waals surface area contributed by atoms with E-state index in [1.165, 1.54) is 6.92 Å². The largest absolute Gasteiger partial charge is 0.382 e. The molecule has 0 saturated heterocycles. The molecule has 0 aromatic rings. The second kappa shape index (κ2) is 20.0. The van der Waals surface area contributed by atoms with Gasteiger partial charge in [-0.1, -0.05) is 20.8 Å². The molecule has 0 aliphatic heterocycles. The Bertz CT molecular complexity index is 518. The number of rotatable bonds is 21. The number of nitrogens with one attached hydrogen (secondary N) is 3. The summed E-state index contributed by atoms with van der Waals surface area (Å²) in [6.45, 7) is 11.6. The van der Waals surface area contributed by atoms with Gasteiger partial charge in [0.25, 0.3) is 0 Å². The summed E-state index contributed by atoms with van der Waals surface area (Å²) in [5.41, 5.74) is 0. The molecule has 0 bridgehead atoms. The number of ether oxygens (including phenoxy) is 4. The second-order valence-corrected chi connectivity index (χ2v) is 7.67. The van der Waals surface area contributed by atoms with Gasteiger partial charge < -0.3 is 34.9 Å². The van der Waals surface area contributed by atoms with Crippen LogP contribution in [-0.4, -0.2) is 96.1 Å². The molecule has 0 radical (unpaired) electrons. The fraction of sp³-hybridized carbons (Fsp3) is 0.864. The Morgan fingerprint density at radius 2 is 1.44 bits per heavy atom. The van der Waals surface area contributed by atoms with Crippen molar-refractivity contribution in [2.24, 2.45) is 5.92 Å². The summed E-state index contributed by atoms with van der Waals surface area (Å²) in [6, 6.07) is -1.06. The molecule has 0 saturated carbocycles. The predicted molar refractivity (Wildman–Crippen MR) is 121 cm³/mol. The smallest absolute Gasteiger partial charge is 0.237 e. The zero-order valence-electron chi connectivity index (χ0n) is 20.4. The van der Waals surface area contributed by atoms with Crippen LogP contribution in [0.2, 0.25) is 0 Å². The van der Waals surface area contributed by atoms with Crippen LogP contribution in [-0.2, 0) is 33.3 Å². The van der Waals surface area contributed by atoms with Gasteiger partial charge in [-0.25, -0.2) is 0 Å². The van der Waals surface area contributed by atoms with Crippen LogP contribution >= 0.6 is 0 Å². The topological polar surface area (TPSA) is 124 Å². The van der Waals surface area contributed by atoms with Gasteiger partial charge in [0.2, 0.25) is 11.8 Å². The Hall–Kier alpha value is -1.59. The van der Waals surface area contributed by atoms with E-state index in [4.69, 9.17) is 18.9 Å². The third kappa shape index (κ3) is 16.1. The fourth-order valence-corrected chi connectivity index (χ4v) is 2.80. The molecule has 2 amide bonds. The molecular weight excluding hydrogens is 418 g/mol. The zero-order valence-corrected chi connectivity index (χ0v) is 20.4. The normalized spacial score (nSPS) is 13.1. The zero-order chi connectivity index (χ0) is 24.2. The molecule has 0 fully saturated rings. The first kappa shape index (κ1) is 30.4. The molecule has 0 unspecified atom stereocenters. The summed E-state index contributed by atoms with van der Waals surface area (Å²) in [5.74, 6) is -0.492. The number of carbonyl (C=O) groups is 3. The van der Waals surface area contributed by atoms with E-state index in [-0.39, 0.29) is 42.4 Å². The molecule has 0 aromatic carbocycles. The SMILES string of the molecule is CCN[C@H](C(=O)N[C@@H](CCC(=O)NCCOCCOCCOCCOC)C(C)=O)C(C)C. The Morgan fingerprint density at radius 1 is 0.875 bits per heavy atom. The van der Waals surface area contributed by atoms with Crippen molar-refractivity contribution < 1.29 is 33.3 Å². The Morgan fingerprint density at radius 3 is 1.94 bits per heavy atom. The quantitative estimate of drug-likeness (QED) is 0.208.